The van der Waals surface area contributed by atoms with Crippen molar-refractivity contribution in [2.45, 2.75) is 19.0 Å². The van der Waals surface area contributed by atoms with Gasteiger partial charge in [0, 0.05) is 25.2 Å². The molecule has 1 atom stereocenters. The van der Waals surface area contributed by atoms with Gasteiger partial charge in [-0.1, -0.05) is 24.3 Å². The number of carbonyl (C=O) groups is 2. The standard InChI is InChI=1S/C24H22F2N4O3/c25-19-8-3-16(11-20(19)26)12-21(24(33)29-14-17-4-9-22(27)28-13-17)30-23(32)10-5-15-1-6-18(31)7-2-15/h1-11,13,21,31H,12,14H2,(H2,27,28)(H,29,33)(H,30,32)/t21-/m0/s1. The summed E-state index contributed by atoms with van der Waals surface area (Å²) < 4.78 is 26.9. The summed E-state index contributed by atoms with van der Waals surface area (Å²) in [7, 11) is 0. The van der Waals surface area contributed by atoms with Gasteiger partial charge in [-0.05, 0) is 53.1 Å². The molecular weight excluding hydrogens is 430 g/mol. The monoisotopic (exact) mass is 452 g/mol. The summed E-state index contributed by atoms with van der Waals surface area (Å²) in [6, 6.07) is 11.7. The van der Waals surface area contributed by atoms with E-state index < -0.39 is 29.5 Å². The molecule has 33 heavy (non-hydrogen) atoms. The number of nitrogens with two attached hydrogens (primary N) is 1. The van der Waals surface area contributed by atoms with E-state index in [1.807, 2.05) is 0 Å². The van der Waals surface area contributed by atoms with Crippen LogP contribution in [0.25, 0.3) is 6.08 Å². The molecule has 0 bridgehead atoms. The van der Waals surface area contributed by atoms with E-state index in [9.17, 15) is 23.5 Å². The molecule has 170 valence electrons. The Kier molecular flexibility index (Phi) is 7.69. The molecule has 0 unspecified atom stereocenters. The summed E-state index contributed by atoms with van der Waals surface area (Å²) in [6.07, 6.45) is 4.21. The molecule has 0 aliphatic rings. The number of halogens is 2. The lowest BCUT2D eigenvalue weighted by Gasteiger charge is -2.18. The second-order valence-corrected chi connectivity index (χ2v) is 7.25. The highest BCUT2D eigenvalue weighted by Crippen LogP contribution is 2.12. The maximum absolute atomic E-state index is 13.6. The SMILES string of the molecule is Nc1ccc(CNC(=O)[C@H](Cc2ccc(F)c(F)c2)NC(=O)C=Cc2ccc(O)cc2)cn1. The first-order valence-electron chi connectivity index (χ1n) is 10.00. The van der Waals surface area contributed by atoms with Gasteiger partial charge in [-0.3, -0.25) is 9.59 Å². The van der Waals surface area contributed by atoms with Crippen molar-refractivity contribution in [3.8, 4) is 5.75 Å². The van der Waals surface area contributed by atoms with Crippen molar-refractivity contribution in [2.75, 3.05) is 5.73 Å². The minimum absolute atomic E-state index is 0.0538. The predicted molar refractivity (Wildman–Crippen MR) is 120 cm³/mol. The quantitative estimate of drug-likeness (QED) is 0.392. The molecular formula is C24H22F2N4O3. The summed E-state index contributed by atoms with van der Waals surface area (Å²) >= 11 is 0. The first-order valence-corrected chi connectivity index (χ1v) is 10.00. The van der Waals surface area contributed by atoms with E-state index in [1.165, 1.54) is 36.5 Å². The number of aromatic nitrogens is 1. The van der Waals surface area contributed by atoms with Crippen LogP contribution in [0.15, 0.2) is 66.9 Å². The highest BCUT2D eigenvalue weighted by Gasteiger charge is 2.21. The average Bonchev–Trinajstić information content (AvgIpc) is 2.80. The Morgan fingerprint density at radius 3 is 2.42 bits per heavy atom. The molecule has 0 aliphatic carbocycles. The number of amides is 2. The van der Waals surface area contributed by atoms with Crippen molar-refractivity contribution in [1.29, 1.82) is 0 Å². The fraction of sp³-hybridized carbons (Fsp3) is 0.125. The van der Waals surface area contributed by atoms with Gasteiger partial charge in [0.2, 0.25) is 11.8 Å². The molecule has 9 heteroatoms. The van der Waals surface area contributed by atoms with Crippen molar-refractivity contribution in [2.24, 2.45) is 0 Å². The first-order chi connectivity index (χ1) is 15.8. The van der Waals surface area contributed by atoms with E-state index in [4.69, 9.17) is 5.73 Å². The van der Waals surface area contributed by atoms with Crippen molar-refractivity contribution in [1.82, 2.24) is 15.6 Å². The number of nitrogens with one attached hydrogen (secondary N) is 2. The van der Waals surface area contributed by atoms with Crippen LogP contribution in [-0.2, 0) is 22.6 Å². The zero-order valence-electron chi connectivity index (χ0n) is 17.5. The number of aromatic hydroxyl groups is 1. The normalized spacial score (nSPS) is 11.8. The second-order valence-electron chi connectivity index (χ2n) is 7.25. The Bertz CT molecular complexity index is 1150. The minimum Gasteiger partial charge on any atom is -0.508 e. The topological polar surface area (TPSA) is 117 Å². The van der Waals surface area contributed by atoms with Gasteiger partial charge in [-0.25, -0.2) is 13.8 Å². The molecule has 2 amide bonds. The third-order valence-electron chi connectivity index (χ3n) is 4.69. The average molecular weight is 452 g/mol. The van der Waals surface area contributed by atoms with Gasteiger partial charge >= 0.3 is 0 Å². The molecule has 2 aromatic carbocycles. The molecule has 0 fully saturated rings. The molecule has 0 spiro atoms. The molecule has 3 rings (SSSR count). The molecule has 7 nitrogen and oxygen atoms in total. The summed E-state index contributed by atoms with van der Waals surface area (Å²) in [5, 5.41) is 14.6. The summed E-state index contributed by atoms with van der Waals surface area (Å²) in [4.78, 5) is 29.2. The maximum Gasteiger partial charge on any atom is 0.244 e. The van der Waals surface area contributed by atoms with Crippen LogP contribution in [0.4, 0.5) is 14.6 Å². The number of phenolic OH excluding ortho intramolecular Hbond substituents is 1. The number of nitrogens with zero attached hydrogens (tertiary/aromatic N) is 1. The van der Waals surface area contributed by atoms with Gasteiger partial charge in [-0.2, -0.15) is 0 Å². The third-order valence-corrected chi connectivity index (χ3v) is 4.69. The van der Waals surface area contributed by atoms with Crippen molar-refractivity contribution in [3.05, 3.63) is 95.2 Å². The fourth-order valence-electron chi connectivity index (χ4n) is 2.94. The van der Waals surface area contributed by atoms with Crippen molar-refractivity contribution >= 4 is 23.7 Å². The molecule has 3 aromatic rings. The maximum atomic E-state index is 13.6. The highest BCUT2D eigenvalue weighted by atomic mass is 19.2. The fourth-order valence-corrected chi connectivity index (χ4v) is 2.94. The van der Waals surface area contributed by atoms with E-state index in [0.717, 1.165) is 12.1 Å². The molecule has 1 heterocycles. The molecule has 0 saturated carbocycles. The zero-order chi connectivity index (χ0) is 23.8. The smallest absolute Gasteiger partial charge is 0.244 e. The van der Waals surface area contributed by atoms with E-state index in [1.54, 1.807) is 24.3 Å². The number of hydrogen-bond donors (Lipinski definition) is 4. The van der Waals surface area contributed by atoms with Gasteiger partial charge in [0.05, 0.1) is 0 Å². The van der Waals surface area contributed by atoms with Gasteiger partial charge in [0.1, 0.15) is 17.6 Å². The number of carbonyl (C=O) groups excluding carboxylic acids is 2. The minimum atomic E-state index is -1.05. The Morgan fingerprint density at radius 1 is 1.03 bits per heavy atom. The number of pyridine rings is 1. The van der Waals surface area contributed by atoms with Gasteiger partial charge in [0.25, 0.3) is 0 Å². The largest absolute Gasteiger partial charge is 0.508 e. The van der Waals surface area contributed by atoms with Crippen LogP contribution >= 0.6 is 0 Å². The molecule has 0 radical (unpaired) electrons. The lowest BCUT2D eigenvalue weighted by atomic mass is 10.0. The van der Waals surface area contributed by atoms with Crippen molar-refractivity contribution in [3.63, 3.8) is 0 Å². The number of rotatable bonds is 8. The van der Waals surface area contributed by atoms with Crippen LogP contribution in [0.3, 0.4) is 0 Å². The molecule has 0 aliphatic heterocycles. The van der Waals surface area contributed by atoms with Crippen LogP contribution in [0.1, 0.15) is 16.7 Å². The van der Waals surface area contributed by atoms with Crippen LogP contribution in [0.5, 0.6) is 5.75 Å². The molecule has 1 aromatic heterocycles. The lowest BCUT2D eigenvalue weighted by Crippen LogP contribution is -2.47. The predicted octanol–water partition coefficient (Wildman–Crippen LogP) is 2.70. The van der Waals surface area contributed by atoms with Crippen LogP contribution in [-0.4, -0.2) is 27.9 Å². The van der Waals surface area contributed by atoms with Gasteiger partial charge < -0.3 is 21.5 Å². The Labute approximate surface area is 189 Å². The van der Waals surface area contributed by atoms with Crippen LogP contribution < -0.4 is 16.4 Å². The number of nitrogen functional groups attached to an aromatic ring is 1. The Morgan fingerprint density at radius 2 is 1.76 bits per heavy atom. The second kappa shape index (κ2) is 10.9. The van der Waals surface area contributed by atoms with Crippen molar-refractivity contribution < 1.29 is 23.5 Å². The number of phenols is 1. The summed E-state index contributed by atoms with van der Waals surface area (Å²) in [6.45, 7) is 0.139. The highest BCUT2D eigenvalue weighted by molar-refractivity contribution is 5.95. The number of anilines is 1. The Hall–Kier alpha value is -4.27. The zero-order valence-corrected chi connectivity index (χ0v) is 17.5. The Balaban J connectivity index is 1.70. The van der Waals surface area contributed by atoms with Gasteiger partial charge in [0.15, 0.2) is 11.6 Å². The summed E-state index contributed by atoms with van der Waals surface area (Å²) in [5.41, 5.74) is 7.25. The number of benzene rings is 2. The molecule has 0 saturated heterocycles. The van der Waals surface area contributed by atoms with Crippen LogP contribution in [0, 0.1) is 11.6 Å². The van der Waals surface area contributed by atoms with E-state index in [0.29, 0.717) is 22.5 Å². The summed E-state index contributed by atoms with van der Waals surface area (Å²) in [5.74, 6) is -2.68. The van der Waals surface area contributed by atoms with Gasteiger partial charge in [-0.15, -0.1) is 0 Å². The first kappa shape index (κ1) is 23.4. The molecule has 5 N–H and O–H groups in total. The lowest BCUT2D eigenvalue weighted by molar-refractivity contribution is -0.127. The third kappa shape index (κ3) is 7.13. The number of hydrogen-bond acceptors (Lipinski definition) is 5. The van der Waals surface area contributed by atoms with E-state index >= 15 is 0 Å². The van der Waals surface area contributed by atoms with E-state index in [2.05, 4.69) is 15.6 Å². The van der Waals surface area contributed by atoms with Crippen LogP contribution in [0.2, 0.25) is 0 Å². The van der Waals surface area contributed by atoms with E-state index in [-0.39, 0.29) is 18.7 Å².